The lowest BCUT2D eigenvalue weighted by molar-refractivity contribution is 0.596. The Balaban J connectivity index is 2.06. The van der Waals surface area contributed by atoms with E-state index in [1.807, 2.05) is 11.3 Å². The van der Waals surface area contributed by atoms with E-state index in [9.17, 15) is 0 Å². The van der Waals surface area contributed by atoms with Gasteiger partial charge in [0.15, 0.2) is 0 Å². The second-order valence-electron chi connectivity index (χ2n) is 7.11. The number of fused-ring (bicyclic) bond motifs is 3. The SMILES string of the molecule is CC(C)(C)c1cccc2sc3ccc(-c4ccccc4)cc3c12. The zero-order valence-electron chi connectivity index (χ0n) is 13.8. The lowest BCUT2D eigenvalue weighted by atomic mass is 9.84. The van der Waals surface area contributed by atoms with Crippen LogP contribution in [0.2, 0.25) is 0 Å². The molecule has 4 rings (SSSR count). The van der Waals surface area contributed by atoms with Crippen LogP contribution >= 0.6 is 11.3 Å². The van der Waals surface area contributed by atoms with Crippen molar-refractivity contribution in [2.24, 2.45) is 0 Å². The first-order chi connectivity index (χ1) is 11.0. The predicted molar refractivity (Wildman–Crippen MR) is 103 cm³/mol. The number of rotatable bonds is 1. The first kappa shape index (κ1) is 14.5. The third kappa shape index (κ3) is 2.46. The number of thiophene rings is 1. The van der Waals surface area contributed by atoms with Gasteiger partial charge in [-0.1, -0.05) is 69.3 Å². The van der Waals surface area contributed by atoms with Gasteiger partial charge in [0, 0.05) is 20.2 Å². The van der Waals surface area contributed by atoms with E-state index >= 15 is 0 Å². The maximum Gasteiger partial charge on any atom is 0.0358 e. The predicted octanol–water partition coefficient (Wildman–Crippen LogP) is 7.02. The Hall–Kier alpha value is -2.12. The fraction of sp³-hybridized carbons (Fsp3) is 0.182. The highest BCUT2D eigenvalue weighted by Crippen LogP contribution is 2.41. The van der Waals surface area contributed by atoms with E-state index < -0.39 is 0 Å². The largest absolute Gasteiger partial charge is 0.135 e. The molecule has 0 saturated carbocycles. The highest BCUT2D eigenvalue weighted by atomic mass is 32.1. The summed E-state index contributed by atoms with van der Waals surface area (Å²) in [5.74, 6) is 0. The van der Waals surface area contributed by atoms with Gasteiger partial charge in [-0.15, -0.1) is 11.3 Å². The Labute approximate surface area is 141 Å². The van der Waals surface area contributed by atoms with Crippen LogP contribution in [-0.4, -0.2) is 0 Å². The van der Waals surface area contributed by atoms with Crippen molar-refractivity contribution in [1.82, 2.24) is 0 Å². The highest BCUT2D eigenvalue weighted by Gasteiger charge is 2.19. The molecule has 0 aliphatic carbocycles. The van der Waals surface area contributed by atoms with Gasteiger partial charge in [-0.3, -0.25) is 0 Å². The lowest BCUT2D eigenvalue weighted by Gasteiger charge is -2.20. The first-order valence-corrected chi connectivity index (χ1v) is 8.87. The molecule has 0 aliphatic heterocycles. The first-order valence-electron chi connectivity index (χ1n) is 8.05. The topological polar surface area (TPSA) is 0 Å². The van der Waals surface area contributed by atoms with E-state index in [1.54, 1.807) is 0 Å². The van der Waals surface area contributed by atoms with E-state index in [1.165, 1.54) is 36.9 Å². The van der Waals surface area contributed by atoms with Crippen LogP contribution in [0.4, 0.5) is 0 Å². The molecule has 0 unspecified atom stereocenters. The molecule has 0 nitrogen and oxygen atoms in total. The van der Waals surface area contributed by atoms with Crippen LogP contribution in [0.1, 0.15) is 26.3 Å². The van der Waals surface area contributed by atoms with Gasteiger partial charge >= 0.3 is 0 Å². The maximum absolute atomic E-state index is 2.36. The van der Waals surface area contributed by atoms with Crippen molar-refractivity contribution in [2.45, 2.75) is 26.2 Å². The number of hydrogen-bond acceptors (Lipinski definition) is 1. The number of hydrogen-bond donors (Lipinski definition) is 0. The molecule has 0 bridgehead atoms. The van der Waals surface area contributed by atoms with Crippen LogP contribution in [0.5, 0.6) is 0 Å². The van der Waals surface area contributed by atoms with Crippen molar-refractivity contribution in [3.05, 3.63) is 72.3 Å². The minimum absolute atomic E-state index is 0.149. The van der Waals surface area contributed by atoms with Crippen LogP contribution < -0.4 is 0 Å². The van der Waals surface area contributed by atoms with Crippen molar-refractivity contribution < 1.29 is 0 Å². The zero-order valence-corrected chi connectivity index (χ0v) is 14.6. The molecule has 23 heavy (non-hydrogen) atoms. The second-order valence-corrected chi connectivity index (χ2v) is 8.19. The van der Waals surface area contributed by atoms with Gasteiger partial charge in [-0.05, 0) is 40.3 Å². The van der Waals surface area contributed by atoms with E-state index in [-0.39, 0.29) is 5.41 Å². The van der Waals surface area contributed by atoms with Gasteiger partial charge in [-0.25, -0.2) is 0 Å². The molecular formula is C22H20S. The average molecular weight is 316 g/mol. The van der Waals surface area contributed by atoms with Crippen molar-refractivity contribution in [1.29, 1.82) is 0 Å². The summed E-state index contributed by atoms with van der Waals surface area (Å²) in [5, 5.41) is 2.81. The standard InChI is InChI=1S/C22H20S/c1-22(2,3)18-10-7-11-20-21(18)17-14-16(12-13-19(17)23-20)15-8-5-4-6-9-15/h4-14H,1-3H3. The number of benzene rings is 3. The molecule has 0 aliphatic rings. The molecule has 0 atom stereocenters. The molecule has 0 radical (unpaired) electrons. The summed E-state index contributed by atoms with van der Waals surface area (Å²) >= 11 is 1.90. The van der Waals surface area contributed by atoms with Crippen LogP contribution in [-0.2, 0) is 5.41 Å². The molecular weight excluding hydrogens is 296 g/mol. The fourth-order valence-electron chi connectivity index (χ4n) is 3.26. The van der Waals surface area contributed by atoms with Gasteiger partial charge < -0.3 is 0 Å². The summed E-state index contributed by atoms with van der Waals surface area (Å²) in [5.41, 5.74) is 4.16. The molecule has 0 fully saturated rings. The smallest absolute Gasteiger partial charge is 0.0358 e. The van der Waals surface area contributed by atoms with Gasteiger partial charge in [0.2, 0.25) is 0 Å². The van der Waals surface area contributed by atoms with Gasteiger partial charge in [0.1, 0.15) is 0 Å². The Bertz CT molecular complexity index is 985. The van der Waals surface area contributed by atoms with Crippen LogP contribution in [0.15, 0.2) is 66.7 Å². The molecule has 1 heteroatoms. The fourth-order valence-corrected chi connectivity index (χ4v) is 4.37. The third-order valence-electron chi connectivity index (χ3n) is 4.41. The molecule has 0 spiro atoms. The molecule has 0 saturated heterocycles. The Morgan fingerprint density at radius 2 is 1.48 bits per heavy atom. The summed E-state index contributed by atoms with van der Waals surface area (Å²) in [6.45, 7) is 6.89. The Morgan fingerprint density at radius 1 is 0.696 bits per heavy atom. The Morgan fingerprint density at radius 3 is 2.22 bits per heavy atom. The van der Waals surface area contributed by atoms with Crippen LogP contribution in [0.25, 0.3) is 31.3 Å². The third-order valence-corrected chi connectivity index (χ3v) is 5.55. The average Bonchev–Trinajstić information content (AvgIpc) is 2.92. The van der Waals surface area contributed by atoms with E-state index in [2.05, 4.69) is 87.5 Å². The summed E-state index contributed by atoms with van der Waals surface area (Å²) in [6.07, 6.45) is 0. The molecule has 3 aromatic carbocycles. The van der Waals surface area contributed by atoms with E-state index in [0.717, 1.165) is 0 Å². The van der Waals surface area contributed by atoms with Crippen molar-refractivity contribution >= 4 is 31.5 Å². The Kier molecular flexibility index (Phi) is 3.28. The molecule has 1 heterocycles. The van der Waals surface area contributed by atoms with Gasteiger partial charge in [-0.2, -0.15) is 0 Å². The summed E-state index contributed by atoms with van der Waals surface area (Å²) in [4.78, 5) is 0. The minimum atomic E-state index is 0.149. The minimum Gasteiger partial charge on any atom is -0.135 e. The normalized spacial score (nSPS) is 12.1. The maximum atomic E-state index is 2.36. The second kappa shape index (κ2) is 5.21. The van der Waals surface area contributed by atoms with Crippen molar-refractivity contribution in [3.63, 3.8) is 0 Å². The molecule has 114 valence electrons. The zero-order chi connectivity index (χ0) is 16.0. The van der Waals surface area contributed by atoms with Crippen molar-refractivity contribution in [2.75, 3.05) is 0 Å². The summed E-state index contributed by atoms with van der Waals surface area (Å²) in [6, 6.07) is 24.2. The molecule has 0 N–H and O–H groups in total. The van der Waals surface area contributed by atoms with Crippen molar-refractivity contribution in [3.8, 4) is 11.1 Å². The highest BCUT2D eigenvalue weighted by molar-refractivity contribution is 7.25. The summed E-state index contributed by atoms with van der Waals surface area (Å²) in [7, 11) is 0. The molecule has 4 aromatic rings. The van der Waals surface area contributed by atoms with Crippen LogP contribution in [0.3, 0.4) is 0 Å². The quantitative estimate of drug-likeness (QED) is 0.354. The molecule has 1 aromatic heterocycles. The summed E-state index contributed by atoms with van der Waals surface area (Å²) < 4.78 is 2.76. The monoisotopic (exact) mass is 316 g/mol. The van der Waals surface area contributed by atoms with Gasteiger partial charge in [0.05, 0.1) is 0 Å². The van der Waals surface area contributed by atoms with Gasteiger partial charge in [0.25, 0.3) is 0 Å². The lowest BCUT2D eigenvalue weighted by Crippen LogP contribution is -2.11. The van der Waals surface area contributed by atoms with E-state index in [4.69, 9.17) is 0 Å². The van der Waals surface area contributed by atoms with Crippen LogP contribution in [0, 0.1) is 0 Å². The molecule has 0 amide bonds. The van der Waals surface area contributed by atoms with E-state index in [0.29, 0.717) is 0 Å².